The topological polar surface area (TPSA) is 91.2 Å². The molecule has 6 nitrogen and oxygen atoms in total. The van der Waals surface area contributed by atoms with Crippen LogP contribution < -0.4 is 10.2 Å². The Balaban J connectivity index is 1.71. The monoisotopic (exact) mass is 410 g/mol. The first-order chi connectivity index (χ1) is 13.9. The average molecular weight is 411 g/mol. The molecule has 3 aromatic rings. The molecule has 0 aliphatic carbocycles. The van der Waals surface area contributed by atoms with Gasteiger partial charge in [-0.1, -0.05) is 41.4 Å². The largest absolute Gasteiger partial charge is 0.508 e. The summed E-state index contributed by atoms with van der Waals surface area (Å²) in [7, 11) is 0. The van der Waals surface area contributed by atoms with E-state index in [2.05, 4.69) is 10.5 Å². The van der Waals surface area contributed by atoms with Crippen LogP contribution in [0.15, 0.2) is 65.8 Å². The molecule has 0 saturated heterocycles. The summed E-state index contributed by atoms with van der Waals surface area (Å²) in [6.07, 6.45) is 1.41. The van der Waals surface area contributed by atoms with Crippen molar-refractivity contribution in [2.75, 3.05) is 0 Å². The van der Waals surface area contributed by atoms with Crippen LogP contribution in [0.3, 0.4) is 0 Å². The minimum absolute atomic E-state index is 0.0710. The van der Waals surface area contributed by atoms with Gasteiger partial charge < -0.3 is 14.9 Å². The number of phenolic OH excluding ortho intramolecular Hbond substituents is 2. The second-order valence-electron chi connectivity index (χ2n) is 6.40. The van der Waals surface area contributed by atoms with Crippen LogP contribution in [-0.4, -0.2) is 22.3 Å². The number of rotatable bonds is 6. The number of phenols is 2. The van der Waals surface area contributed by atoms with Crippen LogP contribution in [0.25, 0.3) is 0 Å². The van der Waals surface area contributed by atoms with Crippen LogP contribution in [0.5, 0.6) is 17.2 Å². The first-order valence-corrected chi connectivity index (χ1v) is 9.13. The number of halogens is 1. The van der Waals surface area contributed by atoms with Crippen LogP contribution in [0.4, 0.5) is 0 Å². The van der Waals surface area contributed by atoms with E-state index in [1.54, 1.807) is 18.2 Å². The Hall–Kier alpha value is -3.51. The molecule has 0 saturated carbocycles. The molecular weight excluding hydrogens is 392 g/mol. The van der Waals surface area contributed by atoms with Gasteiger partial charge in [-0.25, -0.2) is 5.43 Å². The number of aromatic hydroxyl groups is 2. The molecule has 1 amide bonds. The summed E-state index contributed by atoms with van der Waals surface area (Å²) in [5.74, 6) is -0.470. The van der Waals surface area contributed by atoms with Gasteiger partial charge in [0.15, 0.2) is 0 Å². The Kier molecular flexibility index (Phi) is 6.36. The van der Waals surface area contributed by atoms with E-state index in [0.29, 0.717) is 22.9 Å². The number of carbonyl (C=O) groups excluding carboxylic acids is 1. The molecule has 0 bridgehead atoms. The van der Waals surface area contributed by atoms with Crippen molar-refractivity contribution in [2.45, 2.75) is 13.5 Å². The van der Waals surface area contributed by atoms with Crippen LogP contribution in [0.2, 0.25) is 5.02 Å². The summed E-state index contributed by atoms with van der Waals surface area (Å²) in [6.45, 7) is 2.39. The molecule has 7 heteroatoms. The summed E-state index contributed by atoms with van der Waals surface area (Å²) < 4.78 is 5.88. The van der Waals surface area contributed by atoms with Crippen LogP contribution >= 0.6 is 11.6 Å². The van der Waals surface area contributed by atoms with Crippen molar-refractivity contribution >= 4 is 23.7 Å². The average Bonchev–Trinajstić information content (AvgIpc) is 2.66. The van der Waals surface area contributed by atoms with Gasteiger partial charge in [-0.2, -0.15) is 5.10 Å². The van der Waals surface area contributed by atoms with Crippen LogP contribution in [-0.2, 0) is 6.61 Å². The molecule has 0 spiro atoms. The van der Waals surface area contributed by atoms with Crippen molar-refractivity contribution in [2.24, 2.45) is 5.10 Å². The SMILES string of the molecule is Cc1cccc(COc2ccc(Cl)cc2C=NNC(=O)c2cc(O)cc(O)c2)c1. The maximum absolute atomic E-state index is 12.1. The smallest absolute Gasteiger partial charge is 0.271 e. The van der Waals surface area contributed by atoms with E-state index in [-0.39, 0.29) is 17.1 Å². The third kappa shape index (κ3) is 5.73. The Bertz CT molecular complexity index is 1050. The van der Waals surface area contributed by atoms with Gasteiger partial charge in [0.2, 0.25) is 0 Å². The Morgan fingerprint density at radius 1 is 1.10 bits per heavy atom. The van der Waals surface area contributed by atoms with Crippen molar-refractivity contribution in [3.8, 4) is 17.2 Å². The second-order valence-corrected chi connectivity index (χ2v) is 6.83. The molecule has 0 unspecified atom stereocenters. The summed E-state index contributed by atoms with van der Waals surface area (Å²) >= 11 is 6.07. The Morgan fingerprint density at radius 3 is 2.59 bits per heavy atom. The fourth-order valence-electron chi connectivity index (χ4n) is 2.67. The standard InChI is InChI=1S/C22H19ClN2O4/c1-14-3-2-4-15(7-14)13-29-21-6-5-18(23)8-17(21)12-24-25-22(28)16-9-19(26)11-20(27)10-16/h2-12,26-27H,13H2,1H3,(H,25,28). The predicted molar refractivity (Wildman–Crippen MR) is 112 cm³/mol. The van der Waals surface area contributed by atoms with Crippen molar-refractivity contribution in [1.29, 1.82) is 0 Å². The number of ether oxygens (including phenoxy) is 1. The normalized spacial score (nSPS) is 10.8. The maximum atomic E-state index is 12.1. The first-order valence-electron chi connectivity index (χ1n) is 8.75. The van der Waals surface area contributed by atoms with Crippen molar-refractivity contribution in [3.05, 3.63) is 87.9 Å². The fraction of sp³-hybridized carbons (Fsp3) is 0.0909. The van der Waals surface area contributed by atoms with Gasteiger partial charge in [0.05, 0.1) is 6.21 Å². The number of hydrazone groups is 1. The van der Waals surface area contributed by atoms with E-state index in [1.165, 1.54) is 18.3 Å². The molecule has 0 aromatic heterocycles. The molecule has 29 heavy (non-hydrogen) atoms. The number of nitrogens with one attached hydrogen (secondary N) is 1. The lowest BCUT2D eigenvalue weighted by Crippen LogP contribution is -2.17. The van der Waals surface area contributed by atoms with Crippen molar-refractivity contribution in [3.63, 3.8) is 0 Å². The number of carbonyl (C=O) groups is 1. The van der Waals surface area contributed by atoms with Crippen LogP contribution in [0.1, 0.15) is 27.0 Å². The number of benzene rings is 3. The van der Waals surface area contributed by atoms with Crippen molar-refractivity contribution in [1.82, 2.24) is 5.43 Å². The third-order valence-corrected chi connectivity index (χ3v) is 4.22. The summed E-state index contributed by atoms with van der Waals surface area (Å²) in [4.78, 5) is 12.1. The maximum Gasteiger partial charge on any atom is 0.271 e. The highest BCUT2D eigenvalue weighted by molar-refractivity contribution is 6.30. The number of hydrogen-bond donors (Lipinski definition) is 3. The van der Waals surface area contributed by atoms with E-state index in [0.717, 1.165) is 17.2 Å². The zero-order valence-electron chi connectivity index (χ0n) is 15.6. The summed E-state index contributed by atoms with van der Waals surface area (Å²) in [6, 6.07) is 16.7. The van der Waals surface area contributed by atoms with E-state index in [1.807, 2.05) is 31.2 Å². The van der Waals surface area contributed by atoms with Gasteiger partial charge >= 0.3 is 0 Å². The van der Waals surface area contributed by atoms with E-state index in [9.17, 15) is 15.0 Å². The fourth-order valence-corrected chi connectivity index (χ4v) is 2.85. The lowest BCUT2D eigenvalue weighted by Gasteiger charge is -2.10. The lowest BCUT2D eigenvalue weighted by atomic mass is 10.1. The molecule has 0 atom stereocenters. The zero-order chi connectivity index (χ0) is 20.8. The van der Waals surface area contributed by atoms with Gasteiger partial charge in [-0.05, 0) is 42.8 Å². The van der Waals surface area contributed by atoms with Gasteiger partial charge in [-0.15, -0.1) is 0 Å². The molecule has 0 aliphatic rings. The second kappa shape index (κ2) is 9.12. The molecule has 3 N–H and O–H groups in total. The van der Waals surface area contributed by atoms with Gasteiger partial charge in [0.1, 0.15) is 23.9 Å². The predicted octanol–water partition coefficient (Wildman–Crippen LogP) is 4.40. The number of nitrogens with zero attached hydrogens (tertiary/aromatic N) is 1. The number of hydrogen-bond acceptors (Lipinski definition) is 5. The zero-order valence-corrected chi connectivity index (χ0v) is 16.3. The summed E-state index contributed by atoms with van der Waals surface area (Å²) in [5, 5.41) is 23.4. The van der Waals surface area contributed by atoms with Crippen molar-refractivity contribution < 1.29 is 19.7 Å². The highest BCUT2D eigenvalue weighted by Gasteiger charge is 2.08. The molecule has 3 aromatic carbocycles. The molecule has 148 valence electrons. The molecule has 0 fully saturated rings. The first kappa shape index (κ1) is 20.2. The molecule has 0 heterocycles. The molecule has 0 radical (unpaired) electrons. The lowest BCUT2D eigenvalue weighted by molar-refractivity contribution is 0.0954. The minimum atomic E-state index is -0.586. The molecular formula is C22H19ClN2O4. The van der Waals surface area contributed by atoms with E-state index < -0.39 is 5.91 Å². The summed E-state index contributed by atoms with van der Waals surface area (Å²) in [5.41, 5.74) is 5.17. The number of aryl methyl sites for hydroxylation is 1. The highest BCUT2D eigenvalue weighted by Crippen LogP contribution is 2.23. The highest BCUT2D eigenvalue weighted by atomic mass is 35.5. The quantitative estimate of drug-likeness (QED) is 0.415. The Labute approximate surface area is 173 Å². The minimum Gasteiger partial charge on any atom is -0.508 e. The Morgan fingerprint density at radius 2 is 1.86 bits per heavy atom. The van der Waals surface area contributed by atoms with Crippen LogP contribution in [0, 0.1) is 6.92 Å². The molecule has 3 rings (SSSR count). The van der Waals surface area contributed by atoms with Gasteiger partial charge in [0, 0.05) is 22.2 Å². The van der Waals surface area contributed by atoms with Gasteiger partial charge in [-0.3, -0.25) is 4.79 Å². The molecule has 0 aliphatic heterocycles. The third-order valence-electron chi connectivity index (χ3n) is 3.98. The van der Waals surface area contributed by atoms with E-state index >= 15 is 0 Å². The van der Waals surface area contributed by atoms with Gasteiger partial charge in [0.25, 0.3) is 5.91 Å². The number of amides is 1. The van der Waals surface area contributed by atoms with E-state index in [4.69, 9.17) is 16.3 Å².